The van der Waals surface area contributed by atoms with E-state index in [1.54, 1.807) is 16.4 Å². The Hall–Kier alpha value is -1.40. The second-order valence-corrected chi connectivity index (χ2v) is 9.66. The molecule has 2 unspecified atom stereocenters. The highest BCUT2D eigenvalue weighted by Crippen LogP contribution is 2.36. The highest BCUT2D eigenvalue weighted by molar-refractivity contribution is 7.89. The molecule has 2 atom stereocenters. The standard InChI is InChI=1S/C20H30N2O3S/c1-15-5-3-4-14-22(15)26(24,25)19-10-6-17(7-11-19)12-13-21-20(23)16(2)18-8-9-18/h6-7,10-11,15-16,18H,3-5,8-9,12-14H2,1-2H3,(H,21,23). The first kappa shape index (κ1) is 19.4. The van der Waals surface area contributed by atoms with E-state index >= 15 is 0 Å². The minimum absolute atomic E-state index is 0.0668. The van der Waals surface area contributed by atoms with Crippen molar-refractivity contribution in [3.63, 3.8) is 0 Å². The van der Waals surface area contributed by atoms with E-state index in [0.717, 1.165) is 24.8 Å². The van der Waals surface area contributed by atoms with Crippen LogP contribution in [0.2, 0.25) is 0 Å². The minimum atomic E-state index is -3.41. The molecule has 0 bridgehead atoms. The van der Waals surface area contributed by atoms with Gasteiger partial charge in [0.05, 0.1) is 4.90 Å². The zero-order chi connectivity index (χ0) is 18.7. The Labute approximate surface area is 157 Å². The fraction of sp³-hybridized carbons (Fsp3) is 0.650. The molecule has 1 aromatic carbocycles. The van der Waals surface area contributed by atoms with Gasteiger partial charge in [0.15, 0.2) is 0 Å². The van der Waals surface area contributed by atoms with Gasteiger partial charge in [0.1, 0.15) is 0 Å². The van der Waals surface area contributed by atoms with Gasteiger partial charge in [0, 0.05) is 25.0 Å². The molecule has 2 aliphatic rings. The van der Waals surface area contributed by atoms with Crippen LogP contribution in [0, 0.1) is 11.8 Å². The van der Waals surface area contributed by atoms with Crippen LogP contribution in [0.15, 0.2) is 29.2 Å². The Morgan fingerprint density at radius 2 is 1.88 bits per heavy atom. The number of rotatable bonds is 7. The number of nitrogens with zero attached hydrogens (tertiary/aromatic N) is 1. The monoisotopic (exact) mass is 378 g/mol. The number of hydrogen-bond acceptors (Lipinski definition) is 3. The molecule has 0 spiro atoms. The summed E-state index contributed by atoms with van der Waals surface area (Å²) in [5, 5.41) is 2.99. The number of hydrogen-bond donors (Lipinski definition) is 1. The molecule has 3 rings (SSSR count). The quantitative estimate of drug-likeness (QED) is 0.793. The van der Waals surface area contributed by atoms with Crippen LogP contribution in [0.4, 0.5) is 0 Å². The maximum atomic E-state index is 12.8. The summed E-state index contributed by atoms with van der Waals surface area (Å²) in [6.45, 7) is 5.17. The van der Waals surface area contributed by atoms with Crippen molar-refractivity contribution in [2.24, 2.45) is 11.8 Å². The number of carbonyl (C=O) groups excluding carboxylic acids is 1. The Morgan fingerprint density at radius 3 is 2.50 bits per heavy atom. The Kier molecular flexibility index (Phi) is 6.03. The lowest BCUT2D eigenvalue weighted by Gasteiger charge is -2.32. The summed E-state index contributed by atoms with van der Waals surface area (Å²) in [4.78, 5) is 12.4. The van der Waals surface area contributed by atoms with Gasteiger partial charge in [-0.05, 0) is 62.6 Å². The van der Waals surface area contributed by atoms with Crippen LogP contribution in [0.25, 0.3) is 0 Å². The summed E-state index contributed by atoms with van der Waals surface area (Å²) in [5.74, 6) is 0.802. The van der Waals surface area contributed by atoms with Crippen molar-refractivity contribution >= 4 is 15.9 Å². The summed E-state index contributed by atoms with van der Waals surface area (Å²) in [7, 11) is -3.41. The summed E-state index contributed by atoms with van der Waals surface area (Å²) in [6.07, 6.45) is 6.00. The van der Waals surface area contributed by atoms with Gasteiger partial charge in [-0.1, -0.05) is 25.5 Å². The third-order valence-corrected chi connectivity index (χ3v) is 7.76. The summed E-state index contributed by atoms with van der Waals surface area (Å²) < 4.78 is 27.3. The van der Waals surface area contributed by atoms with Crippen molar-refractivity contribution in [2.45, 2.75) is 63.3 Å². The van der Waals surface area contributed by atoms with Gasteiger partial charge in [0.25, 0.3) is 0 Å². The Balaban J connectivity index is 1.55. The van der Waals surface area contributed by atoms with Gasteiger partial charge in [-0.25, -0.2) is 8.42 Å². The van der Waals surface area contributed by atoms with Crippen molar-refractivity contribution in [3.8, 4) is 0 Å². The van der Waals surface area contributed by atoms with E-state index in [9.17, 15) is 13.2 Å². The number of amides is 1. The first-order valence-corrected chi connectivity index (χ1v) is 11.2. The van der Waals surface area contributed by atoms with Crippen LogP contribution in [0.5, 0.6) is 0 Å². The van der Waals surface area contributed by atoms with Crippen LogP contribution in [0.1, 0.15) is 51.5 Å². The Morgan fingerprint density at radius 1 is 1.19 bits per heavy atom. The lowest BCUT2D eigenvalue weighted by Crippen LogP contribution is -2.41. The summed E-state index contributed by atoms with van der Waals surface area (Å²) >= 11 is 0. The van der Waals surface area contributed by atoms with Crippen molar-refractivity contribution in [1.82, 2.24) is 9.62 Å². The molecule has 1 saturated carbocycles. The van der Waals surface area contributed by atoms with E-state index in [2.05, 4.69) is 5.32 Å². The minimum Gasteiger partial charge on any atom is -0.356 e. The van der Waals surface area contributed by atoms with E-state index in [-0.39, 0.29) is 17.9 Å². The normalized spacial score (nSPS) is 22.8. The maximum absolute atomic E-state index is 12.8. The van der Waals surface area contributed by atoms with Gasteiger partial charge in [-0.2, -0.15) is 4.31 Å². The molecule has 144 valence electrons. The second kappa shape index (κ2) is 8.09. The first-order chi connectivity index (χ1) is 12.4. The molecule has 1 heterocycles. The van der Waals surface area contributed by atoms with Gasteiger partial charge >= 0.3 is 0 Å². The lowest BCUT2D eigenvalue weighted by atomic mass is 10.1. The van der Waals surface area contributed by atoms with E-state index in [1.165, 1.54) is 12.8 Å². The maximum Gasteiger partial charge on any atom is 0.243 e. The lowest BCUT2D eigenvalue weighted by molar-refractivity contribution is -0.125. The fourth-order valence-electron chi connectivity index (χ4n) is 3.69. The average molecular weight is 379 g/mol. The topological polar surface area (TPSA) is 66.5 Å². The third-order valence-electron chi connectivity index (χ3n) is 5.73. The largest absolute Gasteiger partial charge is 0.356 e. The second-order valence-electron chi connectivity index (χ2n) is 7.77. The molecule has 26 heavy (non-hydrogen) atoms. The average Bonchev–Trinajstić information content (AvgIpc) is 3.47. The van der Waals surface area contributed by atoms with Gasteiger partial charge in [0.2, 0.25) is 15.9 Å². The number of piperidine rings is 1. The van der Waals surface area contributed by atoms with Crippen molar-refractivity contribution in [1.29, 1.82) is 0 Å². The van der Waals surface area contributed by atoms with E-state index < -0.39 is 10.0 Å². The van der Waals surface area contributed by atoms with Crippen LogP contribution >= 0.6 is 0 Å². The molecular formula is C20H30N2O3S. The van der Waals surface area contributed by atoms with Gasteiger partial charge in [-0.15, -0.1) is 0 Å². The molecule has 1 N–H and O–H groups in total. The highest BCUT2D eigenvalue weighted by atomic mass is 32.2. The molecule has 2 fully saturated rings. The fourth-order valence-corrected chi connectivity index (χ4v) is 5.39. The zero-order valence-electron chi connectivity index (χ0n) is 15.8. The molecular weight excluding hydrogens is 348 g/mol. The Bertz CT molecular complexity index is 726. The van der Waals surface area contributed by atoms with Gasteiger partial charge in [-0.3, -0.25) is 4.79 Å². The smallest absolute Gasteiger partial charge is 0.243 e. The molecule has 1 saturated heterocycles. The molecule has 1 aromatic rings. The van der Waals surface area contributed by atoms with Crippen molar-refractivity contribution in [3.05, 3.63) is 29.8 Å². The van der Waals surface area contributed by atoms with Crippen LogP contribution in [0.3, 0.4) is 0 Å². The predicted molar refractivity (Wildman–Crippen MR) is 102 cm³/mol. The van der Waals surface area contributed by atoms with E-state index in [4.69, 9.17) is 0 Å². The number of nitrogens with one attached hydrogen (secondary N) is 1. The molecule has 1 amide bonds. The molecule has 0 radical (unpaired) electrons. The molecule has 1 aliphatic heterocycles. The van der Waals surface area contributed by atoms with E-state index in [0.29, 0.717) is 30.3 Å². The molecule has 6 heteroatoms. The third kappa shape index (κ3) is 4.46. The molecule has 0 aromatic heterocycles. The van der Waals surface area contributed by atoms with Gasteiger partial charge < -0.3 is 5.32 Å². The highest BCUT2D eigenvalue weighted by Gasteiger charge is 2.32. The number of benzene rings is 1. The van der Waals surface area contributed by atoms with Crippen LogP contribution < -0.4 is 5.32 Å². The predicted octanol–water partition coefficient (Wildman–Crippen LogP) is 2.95. The molecule has 1 aliphatic carbocycles. The van der Waals surface area contributed by atoms with Crippen molar-refractivity contribution in [2.75, 3.05) is 13.1 Å². The number of carbonyl (C=O) groups is 1. The zero-order valence-corrected chi connectivity index (χ0v) is 16.6. The van der Waals surface area contributed by atoms with E-state index in [1.807, 2.05) is 26.0 Å². The number of sulfonamides is 1. The molecule has 5 nitrogen and oxygen atoms in total. The van der Waals surface area contributed by atoms with Crippen LogP contribution in [-0.4, -0.2) is 37.8 Å². The summed E-state index contributed by atoms with van der Waals surface area (Å²) in [6, 6.07) is 7.18. The summed E-state index contributed by atoms with van der Waals surface area (Å²) in [5.41, 5.74) is 1.04. The SMILES string of the molecule is CC(C(=O)NCCc1ccc(S(=O)(=O)N2CCCCC2C)cc1)C1CC1. The first-order valence-electron chi connectivity index (χ1n) is 9.78. The van der Waals surface area contributed by atoms with Crippen LogP contribution in [-0.2, 0) is 21.2 Å². The van der Waals surface area contributed by atoms with Crippen molar-refractivity contribution < 1.29 is 13.2 Å².